The topological polar surface area (TPSA) is 62.3 Å². The maximum atomic E-state index is 13.1. The Hall–Kier alpha value is -2.28. The lowest BCUT2D eigenvalue weighted by Gasteiger charge is -2.34. The molecule has 0 bridgehead atoms. The van der Waals surface area contributed by atoms with Crippen LogP contribution in [0.5, 0.6) is 0 Å². The Morgan fingerprint density at radius 3 is 2.58 bits per heavy atom. The number of amides is 2. The van der Waals surface area contributed by atoms with Crippen LogP contribution in [0.3, 0.4) is 0 Å². The number of aromatic nitrogens is 1. The van der Waals surface area contributed by atoms with Crippen LogP contribution in [-0.4, -0.2) is 34.3 Å². The summed E-state index contributed by atoms with van der Waals surface area (Å²) in [6, 6.07) is 6.01. The van der Waals surface area contributed by atoms with E-state index in [1.54, 1.807) is 28.6 Å². The number of nitrogens with one attached hydrogen (secondary N) is 1. The van der Waals surface area contributed by atoms with Crippen LogP contribution in [0, 0.1) is 5.82 Å². The molecule has 138 valence electrons. The van der Waals surface area contributed by atoms with Crippen LogP contribution < -0.4 is 5.32 Å². The minimum atomic E-state index is -0.326. The minimum Gasteiger partial charge on any atom is -0.330 e. The van der Waals surface area contributed by atoms with E-state index in [1.165, 1.54) is 29.9 Å². The number of hydrogen-bond acceptors (Lipinski definition) is 4. The number of anilines is 1. The fourth-order valence-electron chi connectivity index (χ4n) is 3.29. The number of hydrogen-bond donors (Lipinski definition) is 1. The molecule has 0 radical (unpaired) electrons. The molecular weight excluding hydrogens is 353 g/mol. The van der Waals surface area contributed by atoms with Crippen molar-refractivity contribution in [1.29, 1.82) is 0 Å². The summed E-state index contributed by atoms with van der Waals surface area (Å²) in [4.78, 5) is 31.0. The maximum Gasteiger partial charge on any atom is 0.245 e. The molecule has 0 saturated heterocycles. The van der Waals surface area contributed by atoms with Gasteiger partial charge in [0.25, 0.3) is 0 Å². The van der Waals surface area contributed by atoms with Crippen LogP contribution in [0.15, 0.2) is 35.8 Å². The summed E-state index contributed by atoms with van der Waals surface area (Å²) in [5.74, 6) is -0.663. The van der Waals surface area contributed by atoms with Crippen molar-refractivity contribution in [2.45, 2.75) is 44.6 Å². The van der Waals surface area contributed by atoms with E-state index in [0.717, 1.165) is 31.2 Å². The quantitative estimate of drug-likeness (QED) is 0.839. The Labute approximate surface area is 156 Å². The molecule has 26 heavy (non-hydrogen) atoms. The first-order valence-electron chi connectivity index (χ1n) is 8.85. The van der Waals surface area contributed by atoms with Crippen LogP contribution in [0.4, 0.5) is 9.52 Å². The zero-order valence-electron chi connectivity index (χ0n) is 14.5. The lowest BCUT2D eigenvalue weighted by Crippen LogP contribution is -2.46. The molecule has 5 nitrogen and oxygen atoms in total. The zero-order valence-corrected chi connectivity index (χ0v) is 15.3. The number of nitrogens with zero attached hydrogens (tertiary/aromatic N) is 2. The third kappa shape index (κ3) is 5.11. The van der Waals surface area contributed by atoms with Crippen molar-refractivity contribution in [3.8, 4) is 0 Å². The van der Waals surface area contributed by atoms with Crippen molar-refractivity contribution in [3.63, 3.8) is 0 Å². The van der Waals surface area contributed by atoms with Gasteiger partial charge in [0.05, 0.1) is 6.42 Å². The number of rotatable bonds is 6. The zero-order chi connectivity index (χ0) is 18.4. The van der Waals surface area contributed by atoms with Gasteiger partial charge in [-0.05, 0) is 30.5 Å². The molecular formula is C19H22FN3O2S. The summed E-state index contributed by atoms with van der Waals surface area (Å²) in [6.45, 7) is 0.0181. The van der Waals surface area contributed by atoms with Crippen molar-refractivity contribution in [3.05, 3.63) is 47.2 Å². The molecule has 2 aromatic rings. The minimum absolute atomic E-state index is 0.0181. The second kappa shape index (κ2) is 8.89. The Kier molecular flexibility index (Phi) is 6.33. The Morgan fingerprint density at radius 2 is 1.92 bits per heavy atom. The summed E-state index contributed by atoms with van der Waals surface area (Å²) in [5.41, 5.74) is 0.748. The van der Waals surface area contributed by atoms with Crippen molar-refractivity contribution in [1.82, 2.24) is 9.88 Å². The number of benzene rings is 1. The molecule has 1 saturated carbocycles. The maximum absolute atomic E-state index is 13.1. The highest BCUT2D eigenvalue weighted by atomic mass is 32.1. The molecule has 1 aliphatic carbocycles. The first-order chi connectivity index (χ1) is 12.6. The van der Waals surface area contributed by atoms with Crippen LogP contribution in [0.25, 0.3) is 0 Å². The SMILES string of the molecule is O=C(CN(C(=O)Cc1ccc(F)cc1)C1CCCCC1)Nc1nccs1. The summed E-state index contributed by atoms with van der Waals surface area (Å²) >= 11 is 1.34. The van der Waals surface area contributed by atoms with Gasteiger partial charge >= 0.3 is 0 Å². The molecule has 0 unspecified atom stereocenters. The molecule has 1 aromatic heterocycles. The van der Waals surface area contributed by atoms with Crippen LogP contribution >= 0.6 is 11.3 Å². The standard InChI is InChI=1S/C19H22FN3O2S/c20-15-8-6-14(7-9-15)12-18(25)23(16-4-2-1-3-5-16)13-17(24)22-19-21-10-11-26-19/h6-11,16H,1-5,12-13H2,(H,21,22,24). The lowest BCUT2D eigenvalue weighted by molar-refractivity contribution is -0.137. The summed E-state index contributed by atoms with van der Waals surface area (Å²) in [5, 5.41) is 5.06. The normalized spacial score (nSPS) is 14.8. The predicted octanol–water partition coefficient (Wildman–Crippen LogP) is 3.62. The Bertz CT molecular complexity index is 728. The van der Waals surface area contributed by atoms with Crippen LogP contribution in [-0.2, 0) is 16.0 Å². The highest BCUT2D eigenvalue weighted by molar-refractivity contribution is 7.13. The number of thiazole rings is 1. The molecule has 1 heterocycles. The monoisotopic (exact) mass is 375 g/mol. The van der Waals surface area contributed by atoms with E-state index in [4.69, 9.17) is 0 Å². The summed E-state index contributed by atoms with van der Waals surface area (Å²) < 4.78 is 13.1. The van der Waals surface area contributed by atoms with Crippen molar-refractivity contribution in [2.24, 2.45) is 0 Å². The van der Waals surface area contributed by atoms with E-state index < -0.39 is 0 Å². The van der Waals surface area contributed by atoms with E-state index >= 15 is 0 Å². The molecule has 0 aliphatic heterocycles. The van der Waals surface area contributed by atoms with Gasteiger partial charge in [-0.1, -0.05) is 31.4 Å². The van der Waals surface area contributed by atoms with Crippen LogP contribution in [0.2, 0.25) is 0 Å². The fourth-order valence-corrected chi connectivity index (χ4v) is 3.84. The molecule has 7 heteroatoms. The van der Waals surface area contributed by atoms with E-state index in [-0.39, 0.29) is 36.6 Å². The average Bonchev–Trinajstić information content (AvgIpc) is 3.15. The van der Waals surface area contributed by atoms with Gasteiger partial charge in [-0.3, -0.25) is 9.59 Å². The van der Waals surface area contributed by atoms with E-state index in [1.807, 2.05) is 0 Å². The van der Waals surface area contributed by atoms with Crippen molar-refractivity contribution >= 4 is 28.3 Å². The van der Waals surface area contributed by atoms with Gasteiger partial charge < -0.3 is 10.2 Å². The van der Waals surface area contributed by atoms with Gasteiger partial charge in [-0.2, -0.15) is 0 Å². The van der Waals surface area contributed by atoms with Gasteiger partial charge in [-0.15, -0.1) is 11.3 Å². The number of carbonyl (C=O) groups is 2. The Balaban J connectivity index is 1.68. The first kappa shape index (κ1) is 18.5. The third-order valence-electron chi connectivity index (χ3n) is 4.60. The second-order valence-corrected chi connectivity index (χ2v) is 7.40. The molecule has 1 aromatic carbocycles. The molecule has 3 rings (SSSR count). The third-order valence-corrected chi connectivity index (χ3v) is 5.29. The molecule has 1 fully saturated rings. The molecule has 0 spiro atoms. The number of carbonyl (C=O) groups excluding carboxylic acids is 2. The lowest BCUT2D eigenvalue weighted by atomic mass is 9.93. The largest absolute Gasteiger partial charge is 0.330 e. The van der Waals surface area contributed by atoms with Crippen LogP contribution in [0.1, 0.15) is 37.7 Å². The predicted molar refractivity (Wildman–Crippen MR) is 99.4 cm³/mol. The highest BCUT2D eigenvalue weighted by Gasteiger charge is 2.27. The first-order valence-corrected chi connectivity index (χ1v) is 9.73. The molecule has 0 atom stereocenters. The van der Waals surface area contributed by atoms with Gasteiger partial charge in [0.15, 0.2) is 5.13 Å². The van der Waals surface area contributed by atoms with Gasteiger partial charge in [0.2, 0.25) is 11.8 Å². The molecule has 1 aliphatic rings. The van der Waals surface area contributed by atoms with Crippen molar-refractivity contribution in [2.75, 3.05) is 11.9 Å². The van der Waals surface area contributed by atoms with Gasteiger partial charge in [-0.25, -0.2) is 9.37 Å². The van der Waals surface area contributed by atoms with E-state index in [2.05, 4.69) is 10.3 Å². The average molecular weight is 375 g/mol. The molecule has 1 N–H and O–H groups in total. The molecule has 2 amide bonds. The van der Waals surface area contributed by atoms with Gasteiger partial charge in [0, 0.05) is 17.6 Å². The smallest absolute Gasteiger partial charge is 0.245 e. The van der Waals surface area contributed by atoms with E-state index in [9.17, 15) is 14.0 Å². The Morgan fingerprint density at radius 1 is 1.19 bits per heavy atom. The second-order valence-electron chi connectivity index (χ2n) is 6.50. The summed E-state index contributed by atoms with van der Waals surface area (Å²) in [6.07, 6.45) is 6.93. The number of halogens is 1. The fraction of sp³-hybridized carbons (Fsp3) is 0.421. The highest BCUT2D eigenvalue weighted by Crippen LogP contribution is 2.23. The van der Waals surface area contributed by atoms with E-state index in [0.29, 0.717) is 5.13 Å². The summed E-state index contributed by atoms with van der Waals surface area (Å²) in [7, 11) is 0. The van der Waals surface area contributed by atoms with Crippen molar-refractivity contribution < 1.29 is 14.0 Å². The van der Waals surface area contributed by atoms with Gasteiger partial charge in [0.1, 0.15) is 12.4 Å².